The maximum atomic E-state index is 12.3. The molecule has 26 heavy (non-hydrogen) atoms. The Hall–Kier alpha value is -2.61. The molecule has 1 aromatic carbocycles. The summed E-state index contributed by atoms with van der Waals surface area (Å²) in [6.45, 7) is -0.751. The van der Waals surface area contributed by atoms with E-state index < -0.39 is 6.61 Å². The molecule has 0 amide bonds. The standard InChI is InChI=1S/C18H19F2N5O/c1-24-8-6-13(7-9-24)16-10-15(23-18-21-11-22-25(16)18)12-2-4-14(5-3-12)26-17(19)20/h2-5,10-11,13,17H,6-9H2,1H3. The number of hydrogen-bond donors (Lipinski definition) is 0. The largest absolute Gasteiger partial charge is 0.435 e. The van der Waals surface area contributed by atoms with Crippen molar-refractivity contribution in [3.63, 3.8) is 0 Å². The summed E-state index contributed by atoms with van der Waals surface area (Å²) < 4.78 is 30.8. The van der Waals surface area contributed by atoms with Crippen molar-refractivity contribution in [1.82, 2.24) is 24.5 Å². The van der Waals surface area contributed by atoms with Crippen molar-refractivity contribution in [2.75, 3.05) is 20.1 Å². The van der Waals surface area contributed by atoms with E-state index in [2.05, 4.69) is 31.8 Å². The van der Waals surface area contributed by atoms with Crippen LogP contribution < -0.4 is 4.74 Å². The zero-order valence-electron chi connectivity index (χ0n) is 14.3. The molecular formula is C18H19F2N5O. The van der Waals surface area contributed by atoms with Gasteiger partial charge in [-0.2, -0.15) is 18.9 Å². The Balaban J connectivity index is 1.69. The first-order valence-electron chi connectivity index (χ1n) is 8.54. The van der Waals surface area contributed by atoms with Gasteiger partial charge in [-0.25, -0.2) is 9.50 Å². The quantitative estimate of drug-likeness (QED) is 0.716. The molecule has 8 heteroatoms. The van der Waals surface area contributed by atoms with E-state index in [1.165, 1.54) is 18.5 Å². The van der Waals surface area contributed by atoms with Gasteiger partial charge in [-0.05, 0) is 63.3 Å². The van der Waals surface area contributed by atoms with Crippen LogP contribution in [0.2, 0.25) is 0 Å². The molecule has 1 aliphatic heterocycles. The minimum atomic E-state index is -2.83. The van der Waals surface area contributed by atoms with Gasteiger partial charge in [0.2, 0.25) is 0 Å². The molecular weight excluding hydrogens is 340 g/mol. The molecule has 1 aliphatic rings. The molecule has 0 bridgehead atoms. The van der Waals surface area contributed by atoms with Crippen LogP contribution in [0.3, 0.4) is 0 Å². The molecule has 0 atom stereocenters. The highest BCUT2D eigenvalue weighted by Gasteiger charge is 2.22. The predicted molar refractivity (Wildman–Crippen MR) is 92.3 cm³/mol. The summed E-state index contributed by atoms with van der Waals surface area (Å²) in [5.74, 6) is 1.06. The third kappa shape index (κ3) is 3.37. The molecule has 2 aromatic heterocycles. The number of likely N-dealkylation sites (tertiary alicyclic amines) is 1. The van der Waals surface area contributed by atoms with Crippen LogP contribution in [0.25, 0.3) is 17.0 Å². The molecule has 0 aliphatic carbocycles. The van der Waals surface area contributed by atoms with Crippen molar-refractivity contribution in [1.29, 1.82) is 0 Å². The number of piperidine rings is 1. The van der Waals surface area contributed by atoms with Gasteiger partial charge < -0.3 is 9.64 Å². The molecule has 0 spiro atoms. The molecule has 0 saturated carbocycles. The van der Waals surface area contributed by atoms with Gasteiger partial charge in [-0.15, -0.1) is 0 Å². The summed E-state index contributed by atoms with van der Waals surface area (Å²) in [6, 6.07) is 8.52. The topological polar surface area (TPSA) is 55.5 Å². The minimum Gasteiger partial charge on any atom is -0.435 e. The van der Waals surface area contributed by atoms with Gasteiger partial charge in [0.05, 0.1) is 11.4 Å². The smallest absolute Gasteiger partial charge is 0.387 e. The summed E-state index contributed by atoms with van der Waals surface area (Å²) in [5.41, 5.74) is 2.66. The summed E-state index contributed by atoms with van der Waals surface area (Å²) in [7, 11) is 2.13. The average Bonchev–Trinajstić information content (AvgIpc) is 3.10. The van der Waals surface area contributed by atoms with Gasteiger partial charge in [0.15, 0.2) is 0 Å². The molecule has 6 nitrogen and oxygen atoms in total. The number of nitrogens with zero attached hydrogens (tertiary/aromatic N) is 5. The fraction of sp³-hybridized carbons (Fsp3) is 0.389. The number of benzene rings is 1. The second kappa shape index (κ2) is 6.95. The van der Waals surface area contributed by atoms with Gasteiger partial charge in [-0.3, -0.25) is 0 Å². The van der Waals surface area contributed by atoms with Gasteiger partial charge in [0.1, 0.15) is 12.1 Å². The molecule has 1 saturated heterocycles. The normalized spacial score (nSPS) is 16.5. The lowest BCUT2D eigenvalue weighted by molar-refractivity contribution is -0.0498. The lowest BCUT2D eigenvalue weighted by atomic mass is 9.92. The maximum Gasteiger partial charge on any atom is 0.387 e. The third-order valence-electron chi connectivity index (χ3n) is 4.79. The van der Waals surface area contributed by atoms with Crippen LogP contribution in [0.15, 0.2) is 36.7 Å². The van der Waals surface area contributed by atoms with Crippen molar-refractivity contribution in [3.05, 3.63) is 42.4 Å². The molecule has 0 radical (unpaired) electrons. The number of rotatable bonds is 4. The Bertz CT molecular complexity index is 888. The van der Waals surface area contributed by atoms with Crippen molar-refractivity contribution >= 4 is 5.78 Å². The first kappa shape index (κ1) is 16.8. The fourth-order valence-electron chi connectivity index (χ4n) is 3.39. The number of halogens is 2. The van der Waals surface area contributed by atoms with Crippen LogP contribution in [-0.4, -0.2) is 51.2 Å². The molecule has 136 valence electrons. The molecule has 0 unspecified atom stereocenters. The van der Waals surface area contributed by atoms with E-state index in [0.717, 1.165) is 42.9 Å². The zero-order valence-corrected chi connectivity index (χ0v) is 14.3. The highest BCUT2D eigenvalue weighted by atomic mass is 19.3. The van der Waals surface area contributed by atoms with Gasteiger partial charge in [0, 0.05) is 11.5 Å². The van der Waals surface area contributed by atoms with E-state index in [1.54, 1.807) is 16.6 Å². The number of ether oxygens (including phenoxy) is 1. The second-order valence-corrected chi connectivity index (χ2v) is 6.52. The average molecular weight is 359 g/mol. The second-order valence-electron chi connectivity index (χ2n) is 6.52. The number of aromatic nitrogens is 4. The van der Waals surface area contributed by atoms with Crippen molar-refractivity contribution in [3.8, 4) is 17.0 Å². The van der Waals surface area contributed by atoms with Crippen molar-refractivity contribution < 1.29 is 13.5 Å². The summed E-state index contributed by atoms with van der Waals surface area (Å²) >= 11 is 0. The zero-order chi connectivity index (χ0) is 18.1. The van der Waals surface area contributed by atoms with Crippen molar-refractivity contribution in [2.24, 2.45) is 0 Å². The van der Waals surface area contributed by atoms with Gasteiger partial charge in [0.25, 0.3) is 5.78 Å². The first-order chi connectivity index (χ1) is 12.6. The van der Waals surface area contributed by atoms with Crippen LogP contribution >= 0.6 is 0 Å². The van der Waals surface area contributed by atoms with Crippen LogP contribution in [0.4, 0.5) is 8.78 Å². The van der Waals surface area contributed by atoms with Gasteiger partial charge >= 0.3 is 6.61 Å². The Morgan fingerprint density at radius 1 is 1.15 bits per heavy atom. The Labute approximate surface area is 149 Å². The first-order valence-corrected chi connectivity index (χ1v) is 8.54. The SMILES string of the molecule is CN1CCC(c2cc(-c3ccc(OC(F)F)cc3)nc3ncnn23)CC1. The monoisotopic (exact) mass is 359 g/mol. The lowest BCUT2D eigenvalue weighted by Crippen LogP contribution is -2.30. The highest BCUT2D eigenvalue weighted by Crippen LogP contribution is 2.30. The van der Waals surface area contributed by atoms with Crippen molar-refractivity contribution in [2.45, 2.75) is 25.4 Å². The van der Waals surface area contributed by atoms with Crippen LogP contribution in [-0.2, 0) is 0 Å². The van der Waals surface area contributed by atoms with E-state index >= 15 is 0 Å². The number of alkyl halides is 2. The van der Waals surface area contributed by atoms with Crippen LogP contribution in [0, 0.1) is 0 Å². The Morgan fingerprint density at radius 3 is 2.58 bits per heavy atom. The molecule has 1 fully saturated rings. The van der Waals surface area contributed by atoms with Gasteiger partial charge in [-0.1, -0.05) is 0 Å². The predicted octanol–water partition coefficient (Wildman–Crippen LogP) is 3.20. The van der Waals surface area contributed by atoms with Crippen LogP contribution in [0.5, 0.6) is 5.75 Å². The molecule has 4 rings (SSSR count). The lowest BCUT2D eigenvalue weighted by Gasteiger charge is -2.29. The summed E-state index contributed by atoms with van der Waals surface area (Å²) in [4.78, 5) is 11.1. The van der Waals surface area contributed by atoms with E-state index in [-0.39, 0.29) is 5.75 Å². The van der Waals surface area contributed by atoms with E-state index in [4.69, 9.17) is 0 Å². The Morgan fingerprint density at radius 2 is 1.88 bits per heavy atom. The fourth-order valence-corrected chi connectivity index (χ4v) is 3.39. The molecule has 3 aromatic rings. The van der Waals surface area contributed by atoms with E-state index in [0.29, 0.717) is 11.7 Å². The summed E-state index contributed by atoms with van der Waals surface area (Å²) in [5, 5.41) is 4.32. The number of hydrogen-bond acceptors (Lipinski definition) is 5. The van der Waals surface area contributed by atoms with Crippen LogP contribution in [0.1, 0.15) is 24.5 Å². The minimum absolute atomic E-state index is 0.128. The highest BCUT2D eigenvalue weighted by molar-refractivity contribution is 5.62. The molecule has 3 heterocycles. The third-order valence-corrected chi connectivity index (χ3v) is 4.79. The maximum absolute atomic E-state index is 12.3. The molecule has 0 N–H and O–H groups in total. The van der Waals surface area contributed by atoms with E-state index in [9.17, 15) is 8.78 Å². The Kier molecular flexibility index (Phi) is 4.50. The number of fused-ring (bicyclic) bond motifs is 1. The summed E-state index contributed by atoms with van der Waals surface area (Å²) in [6.07, 6.45) is 3.61. The van der Waals surface area contributed by atoms with E-state index in [1.807, 2.05) is 6.07 Å².